The summed E-state index contributed by atoms with van der Waals surface area (Å²) in [5.41, 5.74) is 2.06. The molecule has 1 aliphatic heterocycles. The van der Waals surface area contributed by atoms with Crippen LogP contribution in [0.4, 0.5) is 0 Å². The molecule has 0 radical (unpaired) electrons. The smallest absolute Gasteiger partial charge is 0.243 e. The summed E-state index contributed by atoms with van der Waals surface area (Å²) in [5, 5.41) is 0. The lowest BCUT2D eigenvalue weighted by Crippen LogP contribution is -2.43. The van der Waals surface area contributed by atoms with E-state index in [1.807, 2.05) is 38.1 Å². The molecule has 0 unspecified atom stereocenters. The predicted octanol–water partition coefficient (Wildman–Crippen LogP) is 3.45. The number of carbonyl (C=O) groups is 1. The van der Waals surface area contributed by atoms with Gasteiger partial charge in [-0.2, -0.15) is 4.31 Å². The molecule has 6 nitrogen and oxygen atoms in total. The van der Waals surface area contributed by atoms with Gasteiger partial charge in [-0.05, 0) is 56.5 Å². The number of benzene rings is 2. The maximum atomic E-state index is 12.9. The normalized spacial score (nSPS) is 15.7. The number of aryl methyl sites for hydroxylation is 1. The van der Waals surface area contributed by atoms with Crippen molar-refractivity contribution < 1.29 is 17.9 Å². The first-order chi connectivity index (χ1) is 14.3. The summed E-state index contributed by atoms with van der Waals surface area (Å²) in [4.78, 5) is 14.9. The van der Waals surface area contributed by atoms with E-state index in [1.165, 1.54) is 4.31 Å². The summed E-state index contributed by atoms with van der Waals surface area (Å²) in [6.45, 7) is 5.74. The predicted molar refractivity (Wildman–Crippen MR) is 117 cm³/mol. The molecule has 0 bridgehead atoms. The highest BCUT2D eigenvalue weighted by atomic mass is 32.2. The zero-order valence-corrected chi connectivity index (χ0v) is 18.7. The van der Waals surface area contributed by atoms with Crippen LogP contribution in [-0.4, -0.2) is 50.3 Å². The van der Waals surface area contributed by atoms with E-state index in [9.17, 15) is 13.2 Å². The van der Waals surface area contributed by atoms with Crippen molar-refractivity contribution in [3.05, 3.63) is 59.7 Å². The van der Waals surface area contributed by atoms with Crippen LogP contribution in [0.15, 0.2) is 53.4 Å². The summed E-state index contributed by atoms with van der Waals surface area (Å²) in [5.74, 6) is 0.732. The molecule has 1 saturated heterocycles. The van der Waals surface area contributed by atoms with Crippen LogP contribution in [0.2, 0.25) is 0 Å². The van der Waals surface area contributed by atoms with E-state index in [0.717, 1.165) is 16.9 Å². The van der Waals surface area contributed by atoms with Crippen LogP contribution in [-0.2, 0) is 21.4 Å². The monoisotopic (exact) mass is 430 g/mol. The molecule has 1 aliphatic rings. The molecule has 0 aliphatic carbocycles. The molecule has 1 fully saturated rings. The maximum Gasteiger partial charge on any atom is 0.243 e. The third-order valence-corrected chi connectivity index (χ3v) is 7.41. The van der Waals surface area contributed by atoms with Gasteiger partial charge in [-0.15, -0.1) is 0 Å². The fraction of sp³-hybridized carbons (Fsp3) is 0.435. The number of rotatable bonds is 7. The van der Waals surface area contributed by atoms with E-state index in [4.69, 9.17) is 4.74 Å². The third-order valence-electron chi connectivity index (χ3n) is 5.49. The summed E-state index contributed by atoms with van der Waals surface area (Å²) < 4.78 is 32.6. The molecular formula is C23H30N2O4S. The molecule has 0 spiro atoms. The second-order valence-corrected chi connectivity index (χ2v) is 9.70. The molecule has 0 aromatic heterocycles. The van der Waals surface area contributed by atoms with E-state index in [-0.39, 0.29) is 11.8 Å². The molecule has 2 aromatic rings. The van der Waals surface area contributed by atoms with Gasteiger partial charge in [0.2, 0.25) is 15.9 Å². The number of nitrogens with zero attached hydrogens (tertiary/aromatic N) is 2. The van der Waals surface area contributed by atoms with Gasteiger partial charge in [-0.25, -0.2) is 8.42 Å². The van der Waals surface area contributed by atoms with E-state index in [0.29, 0.717) is 44.0 Å². The van der Waals surface area contributed by atoms with Crippen molar-refractivity contribution in [1.29, 1.82) is 0 Å². The number of hydrogen-bond acceptors (Lipinski definition) is 4. The SMILES string of the molecule is CCOc1ccc(CN(C)C(=O)C2CCN(S(=O)(=O)c3ccc(C)cc3)CC2)cc1. The van der Waals surface area contributed by atoms with Gasteiger partial charge in [0.15, 0.2) is 0 Å². The molecule has 3 rings (SSSR count). The van der Waals surface area contributed by atoms with Crippen LogP contribution in [0.25, 0.3) is 0 Å². The molecule has 30 heavy (non-hydrogen) atoms. The van der Waals surface area contributed by atoms with Gasteiger partial charge in [0.1, 0.15) is 5.75 Å². The Hall–Kier alpha value is -2.38. The first-order valence-electron chi connectivity index (χ1n) is 10.3. The highest BCUT2D eigenvalue weighted by Crippen LogP contribution is 2.25. The molecule has 0 saturated carbocycles. The van der Waals surface area contributed by atoms with Crippen molar-refractivity contribution in [2.24, 2.45) is 5.92 Å². The highest BCUT2D eigenvalue weighted by molar-refractivity contribution is 7.89. The number of hydrogen-bond donors (Lipinski definition) is 0. The van der Waals surface area contributed by atoms with E-state index in [2.05, 4.69) is 0 Å². The zero-order valence-electron chi connectivity index (χ0n) is 17.9. The Bertz CT molecular complexity index is 948. The average Bonchev–Trinajstić information content (AvgIpc) is 2.75. The molecule has 1 heterocycles. The summed E-state index contributed by atoms with van der Waals surface area (Å²) in [6.07, 6.45) is 1.08. The standard InChI is InChI=1S/C23H30N2O4S/c1-4-29-21-9-7-19(8-10-21)17-24(3)23(26)20-13-15-25(16-14-20)30(27,28)22-11-5-18(2)6-12-22/h5-12,20H,4,13-17H2,1-3H3. The minimum Gasteiger partial charge on any atom is -0.494 e. The molecule has 1 amide bonds. The van der Waals surface area contributed by atoms with Crippen LogP contribution in [0.3, 0.4) is 0 Å². The molecule has 0 N–H and O–H groups in total. The highest BCUT2D eigenvalue weighted by Gasteiger charge is 2.33. The number of piperidine rings is 1. The Labute approximate surface area is 179 Å². The largest absolute Gasteiger partial charge is 0.494 e. The fourth-order valence-electron chi connectivity index (χ4n) is 3.72. The minimum absolute atomic E-state index is 0.0660. The third kappa shape index (κ3) is 5.21. The van der Waals surface area contributed by atoms with Gasteiger partial charge in [-0.3, -0.25) is 4.79 Å². The van der Waals surface area contributed by atoms with Crippen LogP contribution < -0.4 is 4.74 Å². The van der Waals surface area contributed by atoms with Gasteiger partial charge in [0.05, 0.1) is 11.5 Å². The van der Waals surface area contributed by atoms with Crippen molar-refractivity contribution >= 4 is 15.9 Å². The zero-order chi connectivity index (χ0) is 21.7. The second-order valence-electron chi connectivity index (χ2n) is 7.76. The average molecular weight is 431 g/mol. The Morgan fingerprint density at radius 3 is 2.23 bits per heavy atom. The molecular weight excluding hydrogens is 400 g/mol. The van der Waals surface area contributed by atoms with E-state index >= 15 is 0 Å². The first kappa shape index (κ1) is 22.3. The summed E-state index contributed by atoms with van der Waals surface area (Å²) in [7, 11) is -1.71. The number of carbonyl (C=O) groups excluding carboxylic acids is 1. The van der Waals surface area contributed by atoms with Crippen LogP contribution in [0, 0.1) is 12.8 Å². The second kappa shape index (κ2) is 9.62. The van der Waals surface area contributed by atoms with Crippen molar-refractivity contribution in [3.8, 4) is 5.75 Å². The lowest BCUT2D eigenvalue weighted by Gasteiger charge is -2.32. The van der Waals surface area contributed by atoms with Crippen molar-refractivity contribution in [2.75, 3.05) is 26.7 Å². The van der Waals surface area contributed by atoms with Gasteiger partial charge in [-0.1, -0.05) is 29.8 Å². The Kier molecular flexibility index (Phi) is 7.15. The lowest BCUT2D eigenvalue weighted by atomic mass is 9.96. The van der Waals surface area contributed by atoms with Gasteiger partial charge in [0.25, 0.3) is 0 Å². The van der Waals surface area contributed by atoms with Gasteiger partial charge in [0, 0.05) is 32.6 Å². The molecule has 162 valence electrons. The Morgan fingerprint density at radius 2 is 1.67 bits per heavy atom. The van der Waals surface area contributed by atoms with E-state index in [1.54, 1.807) is 36.2 Å². The lowest BCUT2D eigenvalue weighted by molar-refractivity contribution is -0.135. The number of amides is 1. The van der Waals surface area contributed by atoms with Crippen LogP contribution in [0.1, 0.15) is 30.9 Å². The Balaban J connectivity index is 1.56. The first-order valence-corrected chi connectivity index (χ1v) is 11.8. The number of ether oxygens (including phenoxy) is 1. The van der Waals surface area contributed by atoms with Crippen molar-refractivity contribution in [3.63, 3.8) is 0 Å². The summed E-state index contributed by atoms with van der Waals surface area (Å²) in [6, 6.07) is 14.6. The van der Waals surface area contributed by atoms with Gasteiger partial charge >= 0.3 is 0 Å². The topological polar surface area (TPSA) is 66.9 Å². The van der Waals surface area contributed by atoms with Crippen LogP contribution >= 0.6 is 0 Å². The molecule has 0 atom stereocenters. The fourth-order valence-corrected chi connectivity index (χ4v) is 5.19. The van der Waals surface area contributed by atoms with Crippen molar-refractivity contribution in [2.45, 2.75) is 38.1 Å². The molecule has 2 aromatic carbocycles. The maximum absolute atomic E-state index is 12.9. The quantitative estimate of drug-likeness (QED) is 0.675. The van der Waals surface area contributed by atoms with Gasteiger partial charge < -0.3 is 9.64 Å². The minimum atomic E-state index is -3.51. The van der Waals surface area contributed by atoms with E-state index < -0.39 is 10.0 Å². The van der Waals surface area contributed by atoms with Crippen molar-refractivity contribution in [1.82, 2.24) is 9.21 Å². The van der Waals surface area contributed by atoms with Crippen LogP contribution in [0.5, 0.6) is 5.75 Å². The molecule has 7 heteroatoms. The summed E-state index contributed by atoms with van der Waals surface area (Å²) >= 11 is 0. The number of sulfonamides is 1. The Morgan fingerprint density at radius 1 is 1.07 bits per heavy atom.